The van der Waals surface area contributed by atoms with E-state index in [9.17, 15) is 4.79 Å². The molecule has 1 aliphatic heterocycles. The average molecular weight is 264 g/mol. The molecule has 0 radical (unpaired) electrons. The molecule has 0 atom stereocenters. The third kappa shape index (κ3) is 3.94. The summed E-state index contributed by atoms with van der Waals surface area (Å²) in [5.41, 5.74) is 1.97. The highest BCUT2D eigenvalue weighted by Gasteiger charge is 2.32. The first-order chi connectivity index (χ1) is 9.11. The van der Waals surface area contributed by atoms with Crippen molar-refractivity contribution in [2.24, 2.45) is 5.41 Å². The molecule has 2 N–H and O–H groups in total. The molecule has 104 valence electrons. The van der Waals surface area contributed by atoms with E-state index in [-0.39, 0.29) is 17.9 Å². The van der Waals surface area contributed by atoms with Crippen molar-refractivity contribution in [3.05, 3.63) is 24.3 Å². The number of carbonyl (C=O) groups is 1. The Balaban J connectivity index is 1.89. The molecule has 0 saturated carbocycles. The molecule has 19 heavy (non-hydrogen) atoms. The second-order valence-electron chi connectivity index (χ2n) is 5.22. The smallest absolute Gasteiger partial charge is 0.250 e. The second-order valence-corrected chi connectivity index (χ2v) is 5.22. The van der Waals surface area contributed by atoms with Crippen LogP contribution in [0.2, 0.25) is 0 Å². The zero-order chi connectivity index (χ0) is 13.7. The maximum absolute atomic E-state index is 11.4. The summed E-state index contributed by atoms with van der Waals surface area (Å²) in [6.07, 6.45) is 0. The van der Waals surface area contributed by atoms with Crippen LogP contribution < -0.4 is 10.6 Å². The fourth-order valence-corrected chi connectivity index (χ4v) is 1.90. The van der Waals surface area contributed by atoms with Crippen LogP contribution >= 0.6 is 0 Å². The van der Waals surface area contributed by atoms with Crippen LogP contribution in [0.5, 0.6) is 0 Å². The Morgan fingerprint density at radius 2 is 2.16 bits per heavy atom. The van der Waals surface area contributed by atoms with Gasteiger partial charge in [-0.3, -0.25) is 4.79 Å². The number of anilines is 2. The average Bonchev–Trinajstić information content (AvgIpc) is 2.35. The van der Waals surface area contributed by atoms with Gasteiger partial charge in [0.15, 0.2) is 0 Å². The minimum atomic E-state index is -0.154. The Kier molecular flexibility index (Phi) is 4.39. The third-order valence-corrected chi connectivity index (χ3v) is 3.04. The first-order valence-electron chi connectivity index (χ1n) is 6.32. The minimum absolute atomic E-state index is 0.0626. The topological polar surface area (TPSA) is 59.6 Å². The van der Waals surface area contributed by atoms with E-state index in [2.05, 4.69) is 17.6 Å². The highest BCUT2D eigenvalue weighted by atomic mass is 16.5. The van der Waals surface area contributed by atoms with Gasteiger partial charge in [-0.05, 0) is 18.2 Å². The Labute approximate surface area is 113 Å². The molecule has 1 amide bonds. The number of rotatable bonds is 6. The first kappa shape index (κ1) is 13.8. The number of benzene rings is 1. The van der Waals surface area contributed by atoms with E-state index in [1.807, 2.05) is 24.3 Å². The van der Waals surface area contributed by atoms with Crippen LogP contribution in [0.1, 0.15) is 6.92 Å². The van der Waals surface area contributed by atoms with Gasteiger partial charge < -0.3 is 20.1 Å². The largest absolute Gasteiger partial charge is 0.384 e. The van der Waals surface area contributed by atoms with E-state index in [0.717, 1.165) is 31.1 Å². The zero-order valence-corrected chi connectivity index (χ0v) is 11.4. The molecular formula is C14H20N2O3. The summed E-state index contributed by atoms with van der Waals surface area (Å²) in [6.45, 7) is 4.71. The molecule has 0 aromatic heterocycles. The lowest BCUT2D eigenvalue weighted by Gasteiger charge is -2.38. The standard InChI is InChI=1S/C14H20N2O3/c1-14(9-19-10-14)8-15-11-4-3-5-12(6-11)16-13(17)7-18-2/h3-6,15H,7-10H2,1-2H3,(H,16,17). The molecule has 0 bridgehead atoms. The normalized spacial score (nSPS) is 16.5. The summed E-state index contributed by atoms with van der Waals surface area (Å²) in [5, 5.41) is 6.15. The van der Waals surface area contributed by atoms with Crippen molar-refractivity contribution in [2.75, 3.05) is 44.1 Å². The van der Waals surface area contributed by atoms with Crippen LogP contribution in [0.4, 0.5) is 11.4 Å². The summed E-state index contributed by atoms with van der Waals surface area (Å²) in [4.78, 5) is 11.4. The number of hydrogen-bond acceptors (Lipinski definition) is 4. The van der Waals surface area contributed by atoms with E-state index in [4.69, 9.17) is 9.47 Å². The fraction of sp³-hybridized carbons (Fsp3) is 0.500. The molecule has 2 rings (SSSR count). The van der Waals surface area contributed by atoms with E-state index >= 15 is 0 Å². The number of methoxy groups -OCH3 is 1. The van der Waals surface area contributed by atoms with E-state index in [0.29, 0.717) is 0 Å². The Morgan fingerprint density at radius 1 is 1.42 bits per heavy atom. The summed E-state index contributed by atoms with van der Waals surface area (Å²) < 4.78 is 10.00. The molecule has 1 fully saturated rings. The van der Waals surface area contributed by atoms with Gasteiger partial charge in [0.25, 0.3) is 0 Å². The predicted molar refractivity (Wildman–Crippen MR) is 74.4 cm³/mol. The molecule has 0 aliphatic carbocycles. The summed E-state index contributed by atoms with van der Waals surface area (Å²) in [6, 6.07) is 7.66. The Morgan fingerprint density at radius 3 is 2.79 bits per heavy atom. The Bertz CT molecular complexity index is 444. The molecule has 5 nitrogen and oxygen atoms in total. The van der Waals surface area contributed by atoms with Crippen LogP contribution in [0.25, 0.3) is 0 Å². The highest BCUT2D eigenvalue weighted by Crippen LogP contribution is 2.27. The highest BCUT2D eigenvalue weighted by molar-refractivity contribution is 5.92. The molecule has 1 aromatic rings. The van der Waals surface area contributed by atoms with Crippen LogP contribution in [0, 0.1) is 5.41 Å². The van der Waals surface area contributed by atoms with Gasteiger partial charge in [0.05, 0.1) is 13.2 Å². The summed E-state index contributed by atoms with van der Waals surface area (Å²) in [7, 11) is 1.50. The quantitative estimate of drug-likeness (QED) is 0.821. The van der Waals surface area contributed by atoms with E-state index in [1.54, 1.807) is 0 Å². The molecule has 5 heteroatoms. The van der Waals surface area contributed by atoms with Crippen molar-refractivity contribution in [1.82, 2.24) is 0 Å². The van der Waals surface area contributed by atoms with Gasteiger partial charge >= 0.3 is 0 Å². The molecule has 0 spiro atoms. The van der Waals surface area contributed by atoms with Crippen molar-refractivity contribution in [1.29, 1.82) is 0 Å². The van der Waals surface area contributed by atoms with Crippen LogP contribution in [-0.4, -0.2) is 39.4 Å². The first-order valence-corrected chi connectivity index (χ1v) is 6.32. The van der Waals surface area contributed by atoms with Crippen LogP contribution in [-0.2, 0) is 14.3 Å². The van der Waals surface area contributed by atoms with Gasteiger partial charge in [0, 0.05) is 30.4 Å². The lowest BCUT2D eigenvalue weighted by Crippen LogP contribution is -2.45. The van der Waals surface area contributed by atoms with Gasteiger partial charge in [-0.25, -0.2) is 0 Å². The van der Waals surface area contributed by atoms with Gasteiger partial charge in [-0.2, -0.15) is 0 Å². The third-order valence-electron chi connectivity index (χ3n) is 3.04. The van der Waals surface area contributed by atoms with Gasteiger partial charge in [0.2, 0.25) is 5.91 Å². The maximum atomic E-state index is 11.4. The monoisotopic (exact) mass is 264 g/mol. The van der Waals surface area contributed by atoms with Crippen LogP contribution in [0.3, 0.4) is 0 Å². The van der Waals surface area contributed by atoms with Crippen molar-refractivity contribution in [2.45, 2.75) is 6.92 Å². The number of ether oxygens (including phenoxy) is 2. The van der Waals surface area contributed by atoms with Crippen LogP contribution in [0.15, 0.2) is 24.3 Å². The van der Waals surface area contributed by atoms with Crippen molar-refractivity contribution in [3.63, 3.8) is 0 Å². The molecule has 1 aromatic carbocycles. The minimum Gasteiger partial charge on any atom is -0.384 e. The van der Waals surface area contributed by atoms with Crippen molar-refractivity contribution in [3.8, 4) is 0 Å². The molecule has 0 unspecified atom stereocenters. The molecule has 1 aliphatic rings. The lowest BCUT2D eigenvalue weighted by molar-refractivity contribution is -0.119. The van der Waals surface area contributed by atoms with Crippen molar-refractivity contribution < 1.29 is 14.3 Å². The van der Waals surface area contributed by atoms with Gasteiger partial charge in [0.1, 0.15) is 6.61 Å². The molecule has 1 saturated heterocycles. The summed E-state index contributed by atoms with van der Waals surface area (Å²) in [5.74, 6) is -0.154. The number of carbonyl (C=O) groups excluding carboxylic acids is 1. The zero-order valence-electron chi connectivity index (χ0n) is 11.4. The lowest BCUT2D eigenvalue weighted by atomic mass is 9.89. The van der Waals surface area contributed by atoms with Crippen molar-refractivity contribution >= 4 is 17.3 Å². The molecule has 1 heterocycles. The SMILES string of the molecule is COCC(=O)Nc1cccc(NCC2(C)COC2)c1. The van der Waals surface area contributed by atoms with Gasteiger partial charge in [-0.15, -0.1) is 0 Å². The maximum Gasteiger partial charge on any atom is 0.250 e. The van der Waals surface area contributed by atoms with E-state index < -0.39 is 0 Å². The fourth-order valence-electron chi connectivity index (χ4n) is 1.90. The Hall–Kier alpha value is -1.59. The van der Waals surface area contributed by atoms with Gasteiger partial charge in [-0.1, -0.05) is 13.0 Å². The number of hydrogen-bond donors (Lipinski definition) is 2. The second kappa shape index (κ2) is 6.04. The number of nitrogens with one attached hydrogen (secondary N) is 2. The number of amides is 1. The molecular weight excluding hydrogens is 244 g/mol. The van der Waals surface area contributed by atoms with E-state index in [1.165, 1.54) is 7.11 Å². The summed E-state index contributed by atoms with van der Waals surface area (Å²) >= 11 is 0. The predicted octanol–water partition coefficient (Wildman–Crippen LogP) is 1.72.